The molecule has 3 aromatic rings. The van der Waals surface area contributed by atoms with Gasteiger partial charge < -0.3 is 14.5 Å². The third kappa shape index (κ3) is 4.75. The molecule has 0 amide bonds. The van der Waals surface area contributed by atoms with Gasteiger partial charge in [0.2, 0.25) is 5.13 Å². The molecule has 0 fully saturated rings. The van der Waals surface area contributed by atoms with Crippen LogP contribution in [0.25, 0.3) is 0 Å². The van der Waals surface area contributed by atoms with Crippen molar-refractivity contribution in [3.63, 3.8) is 0 Å². The number of halogens is 1. The number of thioether (sulfide) groups is 1. The van der Waals surface area contributed by atoms with E-state index in [0.29, 0.717) is 28.0 Å². The minimum atomic E-state index is -0.0325. The van der Waals surface area contributed by atoms with E-state index in [0.717, 1.165) is 10.1 Å². The Kier molecular flexibility index (Phi) is 5.95. The van der Waals surface area contributed by atoms with E-state index in [2.05, 4.69) is 15.5 Å². The van der Waals surface area contributed by atoms with Crippen LogP contribution in [0.1, 0.15) is 16.1 Å². The van der Waals surface area contributed by atoms with E-state index in [1.165, 1.54) is 30.2 Å². The summed E-state index contributed by atoms with van der Waals surface area (Å²) in [4.78, 5) is 12.3. The molecule has 0 aliphatic carbocycles. The van der Waals surface area contributed by atoms with Crippen LogP contribution in [-0.4, -0.2) is 28.8 Å². The van der Waals surface area contributed by atoms with Gasteiger partial charge in [-0.15, -0.1) is 10.2 Å². The highest BCUT2D eigenvalue weighted by Gasteiger charge is 2.12. The number of ether oxygens (including phenoxy) is 1. The van der Waals surface area contributed by atoms with Gasteiger partial charge in [-0.05, 0) is 30.3 Å². The molecule has 2 aromatic heterocycles. The van der Waals surface area contributed by atoms with Gasteiger partial charge in [0, 0.05) is 5.56 Å². The standard InChI is InChI=1S/C16H14ClN3O3S2/c1-22-14-5-4-10(7-12(14)17)13(21)9-24-16-20-19-15(25-16)18-8-11-3-2-6-23-11/h2-7H,8-9H2,1H3,(H,18,19). The number of Topliss-reactive ketones (excluding diaryl/α,β-unsaturated/α-hetero) is 1. The monoisotopic (exact) mass is 395 g/mol. The van der Waals surface area contributed by atoms with Crippen molar-refractivity contribution in [1.29, 1.82) is 0 Å². The smallest absolute Gasteiger partial charge is 0.206 e. The highest BCUT2D eigenvalue weighted by molar-refractivity contribution is 8.01. The van der Waals surface area contributed by atoms with Crippen LogP contribution in [-0.2, 0) is 6.54 Å². The van der Waals surface area contributed by atoms with E-state index in [9.17, 15) is 4.79 Å². The number of methoxy groups -OCH3 is 1. The summed E-state index contributed by atoms with van der Waals surface area (Å²) >= 11 is 8.78. The summed E-state index contributed by atoms with van der Waals surface area (Å²) in [7, 11) is 1.53. The van der Waals surface area contributed by atoms with Gasteiger partial charge in [-0.3, -0.25) is 4.79 Å². The summed E-state index contributed by atoms with van der Waals surface area (Å²) in [5.74, 6) is 1.59. The number of furan rings is 1. The number of carbonyl (C=O) groups is 1. The van der Waals surface area contributed by atoms with Crippen molar-refractivity contribution in [2.75, 3.05) is 18.2 Å². The number of rotatable bonds is 8. The first kappa shape index (κ1) is 17.8. The number of hydrogen-bond acceptors (Lipinski definition) is 8. The highest BCUT2D eigenvalue weighted by atomic mass is 35.5. The molecule has 0 atom stereocenters. The number of carbonyl (C=O) groups excluding carboxylic acids is 1. The summed E-state index contributed by atoms with van der Waals surface area (Å²) < 4.78 is 11.0. The molecule has 0 saturated carbocycles. The minimum Gasteiger partial charge on any atom is -0.495 e. The molecule has 0 radical (unpaired) electrons. The van der Waals surface area contributed by atoms with Crippen molar-refractivity contribution in [2.45, 2.75) is 10.9 Å². The van der Waals surface area contributed by atoms with Crippen LogP contribution in [0, 0.1) is 0 Å². The van der Waals surface area contributed by atoms with E-state index in [1.54, 1.807) is 24.5 Å². The molecule has 25 heavy (non-hydrogen) atoms. The second-order valence-corrected chi connectivity index (χ2v) is 7.47. The molecule has 1 aromatic carbocycles. The van der Waals surface area contributed by atoms with Crippen molar-refractivity contribution in [3.05, 3.63) is 52.9 Å². The average Bonchev–Trinajstić information content (AvgIpc) is 3.29. The average molecular weight is 396 g/mol. The van der Waals surface area contributed by atoms with Gasteiger partial charge in [0.25, 0.3) is 0 Å². The number of nitrogens with zero attached hydrogens (tertiary/aromatic N) is 2. The van der Waals surface area contributed by atoms with Crippen LogP contribution in [0.5, 0.6) is 5.75 Å². The maximum atomic E-state index is 12.3. The van der Waals surface area contributed by atoms with Crippen LogP contribution in [0.2, 0.25) is 5.02 Å². The Morgan fingerprint density at radius 3 is 3.00 bits per heavy atom. The van der Waals surface area contributed by atoms with Crippen LogP contribution in [0.4, 0.5) is 5.13 Å². The fourth-order valence-electron chi connectivity index (χ4n) is 1.97. The fourth-order valence-corrected chi connectivity index (χ4v) is 3.87. The van der Waals surface area contributed by atoms with E-state index in [4.69, 9.17) is 20.8 Å². The zero-order chi connectivity index (χ0) is 17.6. The first-order valence-electron chi connectivity index (χ1n) is 7.25. The molecular formula is C16H14ClN3O3S2. The third-order valence-electron chi connectivity index (χ3n) is 3.20. The zero-order valence-electron chi connectivity index (χ0n) is 13.2. The Morgan fingerprint density at radius 1 is 1.40 bits per heavy atom. The van der Waals surface area contributed by atoms with Gasteiger partial charge in [-0.2, -0.15) is 0 Å². The summed E-state index contributed by atoms with van der Waals surface area (Å²) in [6, 6.07) is 8.70. The number of ketones is 1. The number of hydrogen-bond donors (Lipinski definition) is 1. The topological polar surface area (TPSA) is 77.2 Å². The molecule has 3 rings (SSSR count). The summed E-state index contributed by atoms with van der Waals surface area (Å²) in [5, 5.41) is 12.3. The first-order valence-corrected chi connectivity index (χ1v) is 9.43. The molecule has 2 heterocycles. The molecular weight excluding hydrogens is 382 g/mol. The summed E-state index contributed by atoms with van der Waals surface area (Å²) in [6.45, 7) is 0.537. The van der Waals surface area contributed by atoms with E-state index < -0.39 is 0 Å². The van der Waals surface area contributed by atoms with Crippen LogP contribution < -0.4 is 10.1 Å². The lowest BCUT2D eigenvalue weighted by Crippen LogP contribution is -2.02. The molecule has 0 aliphatic rings. The second kappa shape index (κ2) is 8.37. The van der Waals surface area contributed by atoms with Crippen molar-refractivity contribution in [3.8, 4) is 5.75 Å². The van der Waals surface area contributed by atoms with E-state index in [-0.39, 0.29) is 11.5 Å². The largest absolute Gasteiger partial charge is 0.495 e. The normalized spacial score (nSPS) is 10.6. The van der Waals surface area contributed by atoms with Gasteiger partial charge in [0.05, 0.1) is 30.7 Å². The fraction of sp³-hybridized carbons (Fsp3) is 0.188. The molecule has 130 valence electrons. The molecule has 0 unspecified atom stereocenters. The van der Waals surface area contributed by atoms with E-state index >= 15 is 0 Å². The number of nitrogens with one attached hydrogen (secondary N) is 1. The van der Waals surface area contributed by atoms with Crippen LogP contribution in [0.3, 0.4) is 0 Å². The maximum Gasteiger partial charge on any atom is 0.206 e. The van der Waals surface area contributed by atoms with Crippen molar-refractivity contribution >= 4 is 45.6 Å². The predicted octanol–water partition coefficient (Wildman–Crippen LogP) is 4.38. The van der Waals surface area contributed by atoms with Gasteiger partial charge in [-0.1, -0.05) is 34.7 Å². The lowest BCUT2D eigenvalue weighted by atomic mass is 10.1. The van der Waals surface area contributed by atoms with Crippen molar-refractivity contribution in [2.24, 2.45) is 0 Å². The van der Waals surface area contributed by atoms with E-state index in [1.807, 2.05) is 12.1 Å². The highest BCUT2D eigenvalue weighted by Crippen LogP contribution is 2.28. The van der Waals surface area contributed by atoms with Gasteiger partial charge >= 0.3 is 0 Å². The Labute approximate surface area is 157 Å². The van der Waals surface area contributed by atoms with Crippen LogP contribution >= 0.6 is 34.7 Å². The molecule has 0 bridgehead atoms. The maximum absolute atomic E-state index is 12.3. The Balaban J connectivity index is 1.53. The lowest BCUT2D eigenvalue weighted by Gasteiger charge is -2.04. The second-order valence-electron chi connectivity index (χ2n) is 4.87. The Bertz CT molecular complexity index is 852. The quantitative estimate of drug-likeness (QED) is 0.448. The molecule has 0 spiro atoms. The van der Waals surface area contributed by atoms with Gasteiger partial charge in [0.1, 0.15) is 11.5 Å². The van der Waals surface area contributed by atoms with Crippen molar-refractivity contribution < 1.29 is 13.9 Å². The number of benzene rings is 1. The van der Waals surface area contributed by atoms with Gasteiger partial charge in [0.15, 0.2) is 10.1 Å². The molecule has 9 heteroatoms. The number of anilines is 1. The summed E-state index contributed by atoms with van der Waals surface area (Å²) in [6.07, 6.45) is 1.62. The summed E-state index contributed by atoms with van der Waals surface area (Å²) in [5.41, 5.74) is 0.541. The molecule has 0 saturated heterocycles. The van der Waals surface area contributed by atoms with Crippen molar-refractivity contribution in [1.82, 2.24) is 10.2 Å². The first-order chi connectivity index (χ1) is 12.2. The zero-order valence-corrected chi connectivity index (χ0v) is 15.6. The molecule has 6 nitrogen and oxygen atoms in total. The molecule has 0 aliphatic heterocycles. The predicted molar refractivity (Wildman–Crippen MR) is 99.0 cm³/mol. The Hall–Kier alpha value is -2.03. The third-order valence-corrected chi connectivity index (χ3v) is 5.51. The number of aromatic nitrogens is 2. The van der Waals surface area contributed by atoms with Gasteiger partial charge in [-0.25, -0.2) is 0 Å². The SMILES string of the molecule is COc1ccc(C(=O)CSc2nnc(NCc3ccco3)s2)cc1Cl. The molecule has 1 N–H and O–H groups in total. The Morgan fingerprint density at radius 2 is 2.28 bits per heavy atom. The minimum absolute atomic E-state index is 0.0325. The lowest BCUT2D eigenvalue weighted by molar-refractivity contribution is 0.102. The van der Waals surface area contributed by atoms with Crippen LogP contribution in [0.15, 0.2) is 45.4 Å².